The summed E-state index contributed by atoms with van der Waals surface area (Å²) in [5.74, 6) is 0.884. The topological polar surface area (TPSA) is 82.9 Å². The normalized spacial score (nSPS) is 19.0. The highest BCUT2D eigenvalue weighted by atomic mass is 16.5. The van der Waals surface area contributed by atoms with Crippen LogP contribution in [-0.4, -0.2) is 50.0 Å². The van der Waals surface area contributed by atoms with Crippen molar-refractivity contribution < 1.29 is 9.53 Å². The van der Waals surface area contributed by atoms with Crippen LogP contribution in [0.4, 0.5) is 0 Å². The Labute approximate surface area is 193 Å². The molecule has 0 radical (unpaired) electrons. The lowest BCUT2D eigenvalue weighted by Crippen LogP contribution is -2.39. The zero-order chi connectivity index (χ0) is 22.9. The summed E-state index contributed by atoms with van der Waals surface area (Å²) in [5.41, 5.74) is 4.28. The maximum Gasteiger partial charge on any atom is 0.277 e. The van der Waals surface area contributed by atoms with Gasteiger partial charge in [-0.3, -0.25) is 19.6 Å². The van der Waals surface area contributed by atoms with E-state index < -0.39 is 0 Å². The Balaban J connectivity index is 1.42. The quantitative estimate of drug-likeness (QED) is 0.647. The molecule has 4 heterocycles. The summed E-state index contributed by atoms with van der Waals surface area (Å²) in [4.78, 5) is 34.0. The summed E-state index contributed by atoms with van der Waals surface area (Å²) in [7, 11) is 0. The average molecular weight is 450 g/mol. The maximum atomic E-state index is 13.2. The number of aromatic amines is 1. The molecule has 1 amide bonds. The minimum atomic E-state index is -0.0962. The van der Waals surface area contributed by atoms with E-state index >= 15 is 0 Å². The maximum absolute atomic E-state index is 13.2. The third-order valence-electron chi connectivity index (χ3n) is 6.82. The number of H-pyrrole nitrogens is 1. The van der Waals surface area contributed by atoms with E-state index in [1.54, 1.807) is 16.3 Å². The number of hydrogen-bond acceptors (Lipinski definition) is 5. The molecule has 0 aliphatic carbocycles. The first-order chi connectivity index (χ1) is 16.0. The molecule has 0 saturated carbocycles. The summed E-state index contributed by atoms with van der Waals surface area (Å²) in [6.45, 7) is 7.00. The van der Waals surface area contributed by atoms with Gasteiger partial charge in [-0.05, 0) is 44.0 Å². The van der Waals surface area contributed by atoms with Gasteiger partial charge >= 0.3 is 0 Å². The molecule has 8 nitrogen and oxygen atoms in total. The van der Waals surface area contributed by atoms with Crippen LogP contribution < -0.4 is 10.3 Å². The van der Waals surface area contributed by atoms with Crippen molar-refractivity contribution in [3.05, 3.63) is 63.2 Å². The molecule has 1 fully saturated rings. The predicted octanol–water partition coefficient (Wildman–Crippen LogP) is 3.05. The number of piperidine rings is 1. The Kier molecular flexibility index (Phi) is 5.93. The first kappa shape index (κ1) is 21.7. The van der Waals surface area contributed by atoms with Crippen LogP contribution in [0, 0.1) is 0 Å². The minimum Gasteiger partial charge on any atom is -0.494 e. The van der Waals surface area contributed by atoms with Crippen LogP contribution >= 0.6 is 0 Å². The second kappa shape index (κ2) is 9.02. The fourth-order valence-electron chi connectivity index (χ4n) is 5.06. The molecule has 174 valence electrons. The van der Waals surface area contributed by atoms with Gasteiger partial charge in [-0.2, -0.15) is 0 Å². The number of fused-ring (bicyclic) bond motifs is 2. The lowest BCUT2D eigenvalue weighted by Gasteiger charge is -2.35. The molecule has 0 spiro atoms. The Morgan fingerprint density at radius 2 is 2.03 bits per heavy atom. The largest absolute Gasteiger partial charge is 0.494 e. The molecule has 8 heteroatoms. The van der Waals surface area contributed by atoms with Gasteiger partial charge in [0, 0.05) is 32.5 Å². The van der Waals surface area contributed by atoms with E-state index in [2.05, 4.69) is 22.1 Å². The number of nitrogens with zero attached hydrogens (tertiary/aromatic N) is 4. The third-order valence-corrected chi connectivity index (χ3v) is 6.82. The number of hydrogen-bond donors (Lipinski definition) is 1. The van der Waals surface area contributed by atoms with E-state index in [-0.39, 0.29) is 17.5 Å². The summed E-state index contributed by atoms with van der Waals surface area (Å²) < 4.78 is 7.13. The second-order valence-corrected chi connectivity index (χ2v) is 9.00. The fraction of sp³-hybridized carbons (Fsp3) is 0.480. The highest BCUT2D eigenvalue weighted by Crippen LogP contribution is 2.32. The van der Waals surface area contributed by atoms with Crippen LogP contribution in [0.5, 0.6) is 5.75 Å². The van der Waals surface area contributed by atoms with Gasteiger partial charge < -0.3 is 9.64 Å². The van der Waals surface area contributed by atoms with E-state index in [0.717, 1.165) is 43.1 Å². The van der Waals surface area contributed by atoms with E-state index in [1.807, 2.05) is 25.1 Å². The minimum absolute atomic E-state index is 0.00976. The Bertz CT molecular complexity index is 1210. The van der Waals surface area contributed by atoms with Crippen molar-refractivity contribution in [1.82, 2.24) is 24.4 Å². The summed E-state index contributed by atoms with van der Waals surface area (Å²) in [6, 6.07) is 10.5. The molecular formula is C25H31N5O3. The lowest BCUT2D eigenvalue weighted by atomic mass is 9.98. The molecule has 2 aliphatic rings. The fourth-order valence-corrected chi connectivity index (χ4v) is 5.06. The van der Waals surface area contributed by atoms with Gasteiger partial charge in [-0.15, -0.1) is 0 Å². The summed E-state index contributed by atoms with van der Waals surface area (Å²) in [5, 5.41) is 3.35. The number of amides is 1. The van der Waals surface area contributed by atoms with Gasteiger partial charge in [-0.25, -0.2) is 9.50 Å². The van der Waals surface area contributed by atoms with E-state index in [9.17, 15) is 9.59 Å². The van der Waals surface area contributed by atoms with Gasteiger partial charge in [0.2, 0.25) is 5.91 Å². The van der Waals surface area contributed by atoms with Crippen molar-refractivity contribution in [2.45, 2.75) is 58.7 Å². The van der Waals surface area contributed by atoms with Gasteiger partial charge in [0.25, 0.3) is 5.56 Å². The van der Waals surface area contributed by atoms with Crippen LogP contribution in [0.1, 0.15) is 61.7 Å². The van der Waals surface area contributed by atoms with Crippen LogP contribution in [0.25, 0.3) is 5.65 Å². The van der Waals surface area contributed by atoms with Crippen LogP contribution in [0.2, 0.25) is 0 Å². The van der Waals surface area contributed by atoms with Crippen LogP contribution in [0.15, 0.2) is 35.1 Å². The molecule has 1 aromatic carbocycles. The number of ether oxygens (including phenoxy) is 1. The van der Waals surface area contributed by atoms with Crippen molar-refractivity contribution in [2.24, 2.45) is 0 Å². The molecule has 3 aromatic rings. The number of rotatable bonds is 5. The molecule has 33 heavy (non-hydrogen) atoms. The molecule has 1 saturated heterocycles. The van der Waals surface area contributed by atoms with Gasteiger partial charge in [0.15, 0.2) is 5.65 Å². The van der Waals surface area contributed by atoms with Crippen molar-refractivity contribution in [3.63, 3.8) is 0 Å². The summed E-state index contributed by atoms with van der Waals surface area (Å²) >= 11 is 0. The molecule has 0 unspecified atom stereocenters. The first-order valence-corrected chi connectivity index (χ1v) is 11.9. The van der Waals surface area contributed by atoms with Gasteiger partial charge in [0.1, 0.15) is 5.75 Å². The smallest absolute Gasteiger partial charge is 0.277 e. The SMILES string of the molecule is CCOc1ccc(CN2CCCC[C@@H]2c2cc3nc4c(c(=O)n3[nH]2)CN(C(C)=O)CC4)cc1. The first-order valence-electron chi connectivity index (χ1n) is 11.9. The average Bonchev–Trinajstić information content (AvgIpc) is 3.25. The van der Waals surface area contributed by atoms with Crippen molar-refractivity contribution in [3.8, 4) is 5.75 Å². The van der Waals surface area contributed by atoms with Crippen molar-refractivity contribution >= 4 is 11.6 Å². The number of carbonyl (C=O) groups is 1. The van der Waals surface area contributed by atoms with Crippen molar-refractivity contribution in [1.29, 1.82) is 0 Å². The van der Waals surface area contributed by atoms with Crippen LogP contribution in [0.3, 0.4) is 0 Å². The highest BCUT2D eigenvalue weighted by molar-refractivity contribution is 5.73. The third kappa shape index (κ3) is 4.27. The molecule has 1 atom stereocenters. The van der Waals surface area contributed by atoms with E-state index in [0.29, 0.717) is 37.3 Å². The number of nitrogens with one attached hydrogen (secondary N) is 1. The van der Waals surface area contributed by atoms with Gasteiger partial charge in [-0.1, -0.05) is 18.6 Å². The molecule has 1 N–H and O–H groups in total. The van der Waals surface area contributed by atoms with Gasteiger partial charge in [0.05, 0.1) is 36.1 Å². The Hall–Kier alpha value is -3.13. The van der Waals surface area contributed by atoms with Crippen LogP contribution in [-0.2, 0) is 24.3 Å². The zero-order valence-corrected chi connectivity index (χ0v) is 19.3. The number of aromatic nitrogens is 3. The number of carbonyl (C=O) groups excluding carboxylic acids is 1. The molecule has 0 bridgehead atoms. The summed E-state index contributed by atoms with van der Waals surface area (Å²) in [6.07, 6.45) is 3.98. The number of likely N-dealkylation sites (tertiary alicyclic amines) is 1. The Morgan fingerprint density at radius 1 is 1.21 bits per heavy atom. The standard InChI is InChI=1S/C25H31N5O3/c1-3-33-19-9-7-18(8-10-19)15-29-12-5-4-6-23(29)22-14-24-26-21-11-13-28(17(2)31)16-20(21)25(32)30(24)27-22/h7-10,14,23,27H,3-6,11-13,15-16H2,1-2H3/t23-/m1/s1. The molecule has 2 aromatic heterocycles. The monoisotopic (exact) mass is 449 g/mol. The highest BCUT2D eigenvalue weighted by Gasteiger charge is 2.28. The van der Waals surface area contributed by atoms with E-state index in [4.69, 9.17) is 9.72 Å². The van der Waals surface area contributed by atoms with Crippen molar-refractivity contribution in [2.75, 3.05) is 19.7 Å². The van der Waals surface area contributed by atoms with E-state index in [1.165, 1.54) is 12.0 Å². The molecule has 5 rings (SSSR count). The second-order valence-electron chi connectivity index (χ2n) is 9.00. The molecular weight excluding hydrogens is 418 g/mol. The predicted molar refractivity (Wildman–Crippen MR) is 125 cm³/mol. The Morgan fingerprint density at radius 3 is 2.79 bits per heavy atom. The molecule has 2 aliphatic heterocycles. The zero-order valence-electron chi connectivity index (χ0n) is 19.3. The number of benzene rings is 1. The lowest BCUT2D eigenvalue weighted by molar-refractivity contribution is -0.129.